The number of anilines is 1. The average Bonchev–Trinajstić information content (AvgIpc) is 3.20. The van der Waals surface area contributed by atoms with E-state index in [0.717, 1.165) is 14.5 Å². The van der Waals surface area contributed by atoms with E-state index in [9.17, 15) is 13.2 Å². The first-order valence-electron chi connectivity index (χ1n) is 9.21. The number of ether oxygens (including phenoxy) is 1. The Hall–Kier alpha value is -2.94. The molecule has 1 aromatic heterocycles. The van der Waals surface area contributed by atoms with E-state index in [0.29, 0.717) is 10.7 Å². The number of hydrogen-bond acceptors (Lipinski definition) is 6. The van der Waals surface area contributed by atoms with Gasteiger partial charge in [-0.15, -0.1) is 11.3 Å². The largest absolute Gasteiger partial charge is 0.455 e. The smallest absolute Gasteiger partial charge is 0.338 e. The van der Waals surface area contributed by atoms with Gasteiger partial charge in [0.2, 0.25) is 0 Å². The predicted molar refractivity (Wildman–Crippen MR) is 122 cm³/mol. The quantitative estimate of drug-likeness (QED) is 0.363. The van der Waals surface area contributed by atoms with Crippen molar-refractivity contribution in [2.45, 2.75) is 11.5 Å². The van der Waals surface area contributed by atoms with Gasteiger partial charge in [-0.3, -0.25) is 4.31 Å². The number of halogens is 1. The van der Waals surface area contributed by atoms with E-state index >= 15 is 0 Å². The van der Waals surface area contributed by atoms with Gasteiger partial charge in [-0.2, -0.15) is 0 Å². The molecule has 0 spiro atoms. The molecule has 6 nitrogen and oxygen atoms in total. The molecule has 0 N–H and O–H groups in total. The lowest BCUT2D eigenvalue weighted by Gasteiger charge is -2.20. The minimum absolute atomic E-state index is 0.00714. The van der Waals surface area contributed by atoms with Gasteiger partial charge in [0.05, 0.1) is 26.5 Å². The highest BCUT2D eigenvalue weighted by molar-refractivity contribution is 7.93. The Morgan fingerprint density at radius 3 is 2.52 bits per heavy atom. The summed E-state index contributed by atoms with van der Waals surface area (Å²) in [7, 11) is -2.55. The van der Waals surface area contributed by atoms with E-state index in [2.05, 4.69) is 4.98 Å². The van der Waals surface area contributed by atoms with Crippen molar-refractivity contribution in [3.63, 3.8) is 0 Å². The zero-order valence-corrected chi connectivity index (χ0v) is 18.7. The number of nitrogens with zero attached hydrogens (tertiary/aromatic N) is 2. The van der Waals surface area contributed by atoms with Crippen LogP contribution in [0.2, 0.25) is 5.02 Å². The predicted octanol–water partition coefficient (Wildman–Crippen LogP) is 5.13. The SMILES string of the molecule is CN(c1ccccc1)S(=O)(=O)c1cc(C(=O)OCc2nc3ccccc3s2)ccc1Cl. The second-order valence-corrected chi connectivity index (χ2v) is 10.1. The molecular weight excluding hydrogens is 456 g/mol. The highest BCUT2D eigenvalue weighted by Crippen LogP contribution is 2.29. The van der Waals surface area contributed by atoms with E-state index in [1.165, 1.54) is 36.6 Å². The maximum Gasteiger partial charge on any atom is 0.338 e. The molecule has 0 aliphatic rings. The molecule has 3 aromatic carbocycles. The van der Waals surface area contributed by atoms with Gasteiger partial charge in [0, 0.05) is 7.05 Å². The summed E-state index contributed by atoms with van der Waals surface area (Å²) < 4.78 is 33.6. The summed E-state index contributed by atoms with van der Waals surface area (Å²) in [6.45, 7) is -0.00714. The molecule has 0 radical (unpaired) electrons. The minimum Gasteiger partial charge on any atom is -0.455 e. The number of fused-ring (bicyclic) bond motifs is 1. The van der Waals surface area contributed by atoms with Crippen molar-refractivity contribution in [3.8, 4) is 0 Å². The molecule has 0 aliphatic carbocycles. The molecule has 0 atom stereocenters. The van der Waals surface area contributed by atoms with Crippen LogP contribution in [-0.4, -0.2) is 26.4 Å². The molecule has 0 saturated heterocycles. The summed E-state index contributed by atoms with van der Waals surface area (Å²) in [5.41, 5.74) is 1.40. The normalized spacial score (nSPS) is 11.4. The van der Waals surface area contributed by atoms with Crippen molar-refractivity contribution < 1.29 is 17.9 Å². The van der Waals surface area contributed by atoms with Crippen LogP contribution in [-0.2, 0) is 21.4 Å². The average molecular weight is 473 g/mol. The maximum atomic E-state index is 13.1. The van der Waals surface area contributed by atoms with Crippen LogP contribution in [0.15, 0.2) is 77.7 Å². The van der Waals surface area contributed by atoms with E-state index < -0.39 is 16.0 Å². The van der Waals surface area contributed by atoms with Gasteiger partial charge in [0.15, 0.2) is 0 Å². The summed E-state index contributed by atoms with van der Waals surface area (Å²) in [6, 6.07) is 20.3. The zero-order valence-electron chi connectivity index (χ0n) is 16.4. The number of carbonyl (C=O) groups excluding carboxylic acids is 1. The van der Waals surface area contributed by atoms with Gasteiger partial charge in [-0.25, -0.2) is 18.2 Å². The Bertz CT molecular complexity index is 1320. The van der Waals surface area contributed by atoms with Gasteiger partial charge >= 0.3 is 5.97 Å². The number of carbonyl (C=O) groups is 1. The maximum absolute atomic E-state index is 13.1. The lowest BCUT2D eigenvalue weighted by molar-refractivity contribution is 0.0472. The molecular formula is C22H17ClN2O4S2. The molecule has 0 amide bonds. The second-order valence-electron chi connectivity index (χ2n) is 6.60. The van der Waals surface area contributed by atoms with Crippen molar-refractivity contribution in [3.05, 3.63) is 88.4 Å². The lowest BCUT2D eigenvalue weighted by Crippen LogP contribution is -2.27. The van der Waals surface area contributed by atoms with Crippen LogP contribution in [0.5, 0.6) is 0 Å². The van der Waals surface area contributed by atoms with E-state index in [4.69, 9.17) is 16.3 Å². The van der Waals surface area contributed by atoms with E-state index in [-0.39, 0.29) is 22.1 Å². The van der Waals surface area contributed by atoms with Gasteiger partial charge in [-0.05, 0) is 42.5 Å². The fourth-order valence-corrected chi connectivity index (χ4v) is 5.52. The van der Waals surface area contributed by atoms with Crippen LogP contribution < -0.4 is 4.31 Å². The van der Waals surface area contributed by atoms with Crippen molar-refractivity contribution in [1.82, 2.24) is 4.98 Å². The Balaban J connectivity index is 1.55. The summed E-state index contributed by atoms with van der Waals surface area (Å²) in [6.07, 6.45) is 0. The number of sulfonamides is 1. The Morgan fingerprint density at radius 1 is 1.06 bits per heavy atom. The summed E-state index contributed by atoms with van der Waals surface area (Å²) in [5, 5.41) is 0.672. The summed E-state index contributed by atoms with van der Waals surface area (Å²) >= 11 is 7.60. The number of esters is 1. The second kappa shape index (κ2) is 8.66. The fourth-order valence-electron chi connectivity index (χ4n) is 2.94. The molecule has 158 valence electrons. The molecule has 0 aliphatic heterocycles. The first-order chi connectivity index (χ1) is 14.9. The van der Waals surface area contributed by atoms with E-state index in [1.54, 1.807) is 30.3 Å². The first-order valence-corrected chi connectivity index (χ1v) is 11.8. The third-order valence-electron chi connectivity index (χ3n) is 4.59. The van der Waals surface area contributed by atoms with Gasteiger partial charge in [-0.1, -0.05) is 41.9 Å². The van der Waals surface area contributed by atoms with Crippen LogP contribution in [0.1, 0.15) is 15.4 Å². The number of rotatable bonds is 6. The summed E-state index contributed by atoms with van der Waals surface area (Å²) in [4.78, 5) is 16.8. The highest BCUT2D eigenvalue weighted by Gasteiger charge is 2.25. The van der Waals surface area contributed by atoms with Gasteiger partial charge < -0.3 is 4.74 Å². The molecule has 1 heterocycles. The molecule has 0 unspecified atom stereocenters. The van der Waals surface area contributed by atoms with Crippen LogP contribution in [0.4, 0.5) is 5.69 Å². The van der Waals surface area contributed by atoms with Crippen LogP contribution in [0.25, 0.3) is 10.2 Å². The van der Waals surface area contributed by atoms with Crippen molar-refractivity contribution in [2.75, 3.05) is 11.4 Å². The molecule has 4 aromatic rings. The van der Waals surface area contributed by atoms with Gasteiger partial charge in [0.25, 0.3) is 10.0 Å². The van der Waals surface area contributed by atoms with Gasteiger partial charge in [0.1, 0.15) is 16.5 Å². The van der Waals surface area contributed by atoms with Crippen molar-refractivity contribution >= 4 is 54.8 Å². The lowest BCUT2D eigenvalue weighted by atomic mass is 10.2. The number of para-hydroxylation sites is 2. The van der Waals surface area contributed by atoms with Crippen molar-refractivity contribution in [1.29, 1.82) is 0 Å². The van der Waals surface area contributed by atoms with Crippen LogP contribution in [0.3, 0.4) is 0 Å². The minimum atomic E-state index is -3.98. The molecule has 31 heavy (non-hydrogen) atoms. The first kappa shape index (κ1) is 21.3. The molecule has 4 rings (SSSR count). The van der Waals surface area contributed by atoms with Crippen LogP contribution in [0, 0.1) is 0 Å². The number of benzene rings is 3. The third kappa shape index (κ3) is 4.41. The Kier molecular flexibility index (Phi) is 5.95. The Labute approximate surface area is 188 Å². The molecule has 0 saturated carbocycles. The number of thiazole rings is 1. The zero-order chi connectivity index (χ0) is 22.0. The Morgan fingerprint density at radius 2 is 1.77 bits per heavy atom. The monoisotopic (exact) mass is 472 g/mol. The summed E-state index contributed by atoms with van der Waals surface area (Å²) in [5.74, 6) is -0.658. The molecule has 0 bridgehead atoms. The topological polar surface area (TPSA) is 76.6 Å². The number of hydrogen-bond donors (Lipinski definition) is 0. The molecule has 9 heteroatoms. The number of aromatic nitrogens is 1. The van der Waals surface area contributed by atoms with Crippen LogP contribution >= 0.6 is 22.9 Å². The van der Waals surface area contributed by atoms with E-state index in [1.807, 2.05) is 24.3 Å². The fraction of sp³-hybridized carbons (Fsp3) is 0.0909. The third-order valence-corrected chi connectivity index (χ3v) is 7.87. The highest BCUT2D eigenvalue weighted by atomic mass is 35.5. The molecule has 0 fully saturated rings. The standard InChI is InChI=1S/C22H17ClN2O4S2/c1-25(16-7-3-2-4-8-16)31(27,28)20-13-15(11-12-17(20)23)22(26)29-14-21-24-18-9-5-6-10-19(18)30-21/h2-13H,14H2,1H3. The van der Waals surface area contributed by atoms with Crippen molar-refractivity contribution in [2.24, 2.45) is 0 Å².